The molecule has 3 aromatic carbocycles. The van der Waals surface area contributed by atoms with Crippen molar-refractivity contribution >= 4 is 23.5 Å². The molecular formula is C40H49N5O4. The van der Waals surface area contributed by atoms with Crippen LogP contribution in [0.5, 0.6) is 0 Å². The Hall–Kier alpha value is -4.92. The van der Waals surface area contributed by atoms with Crippen molar-refractivity contribution in [2.75, 3.05) is 11.9 Å². The van der Waals surface area contributed by atoms with Crippen molar-refractivity contribution in [2.24, 2.45) is 17.3 Å². The van der Waals surface area contributed by atoms with E-state index in [2.05, 4.69) is 33.1 Å². The van der Waals surface area contributed by atoms with Crippen LogP contribution in [0.1, 0.15) is 80.5 Å². The Labute approximate surface area is 289 Å². The molecule has 9 heteroatoms. The number of benzene rings is 3. The molecule has 0 spiro atoms. The van der Waals surface area contributed by atoms with Crippen LogP contribution < -0.4 is 16.0 Å². The standard InChI is InChI=1S/C34H43N5O4.C6H6/c1-34(2,3)33(42)43-22-39-20-29(36-21-39)30-25(19-24-13-7-9-15-27(24)37-30)17-18-35-32(41)26-14-8-10-16-28(26)38-31(40)23-11-5-4-6-12-23;1-2-4-6-5-3-1/h4-7,9,11-13,15,20-21,25-26,28,30,37H,8,10,14,16-19,22H2,1-3H3,(H,35,41)(H,38,40);1-6H/t25-,26-,28+,30+;/m0./s1. The molecular weight excluding hydrogens is 614 g/mol. The summed E-state index contributed by atoms with van der Waals surface area (Å²) in [6, 6.07) is 29.2. The number of esters is 1. The molecule has 1 aromatic heterocycles. The number of para-hydroxylation sites is 1. The minimum Gasteiger partial charge on any atom is -0.443 e. The molecule has 0 saturated heterocycles. The number of imidazole rings is 1. The van der Waals surface area contributed by atoms with E-state index in [-0.39, 0.29) is 48.4 Å². The second kappa shape index (κ2) is 17.0. The maximum atomic E-state index is 13.4. The molecule has 2 amide bonds. The molecule has 3 N–H and O–H groups in total. The number of hydrogen-bond acceptors (Lipinski definition) is 6. The van der Waals surface area contributed by atoms with Crippen LogP contribution in [0, 0.1) is 17.3 Å². The summed E-state index contributed by atoms with van der Waals surface area (Å²) in [5.41, 5.74) is 3.23. The number of ether oxygens (including phenoxy) is 1. The van der Waals surface area contributed by atoms with Crippen molar-refractivity contribution in [3.05, 3.63) is 120 Å². The van der Waals surface area contributed by atoms with Gasteiger partial charge in [0.25, 0.3) is 5.91 Å². The van der Waals surface area contributed by atoms with E-state index in [9.17, 15) is 14.4 Å². The molecule has 258 valence electrons. The van der Waals surface area contributed by atoms with Crippen LogP contribution in [0.2, 0.25) is 0 Å². The van der Waals surface area contributed by atoms with Gasteiger partial charge in [0.2, 0.25) is 5.91 Å². The first-order chi connectivity index (χ1) is 23.7. The van der Waals surface area contributed by atoms with E-state index >= 15 is 0 Å². The Morgan fingerprint density at radius 1 is 0.898 bits per heavy atom. The van der Waals surface area contributed by atoms with E-state index in [1.807, 2.05) is 93.7 Å². The summed E-state index contributed by atoms with van der Waals surface area (Å²) < 4.78 is 7.26. The largest absolute Gasteiger partial charge is 0.443 e. The highest BCUT2D eigenvalue weighted by Crippen LogP contribution is 2.37. The van der Waals surface area contributed by atoms with E-state index in [1.54, 1.807) is 23.0 Å². The summed E-state index contributed by atoms with van der Waals surface area (Å²) in [6.07, 6.45) is 8.79. The van der Waals surface area contributed by atoms with Gasteiger partial charge >= 0.3 is 5.97 Å². The van der Waals surface area contributed by atoms with Crippen molar-refractivity contribution in [3.63, 3.8) is 0 Å². The van der Waals surface area contributed by atoms with Crippen molar-refractivity contribution < 1.29 is 19.1 Å². The fraction of sp³-hybridized carbons (Fsp3) is 0.400. The van der Waals surface area contributed by atoms with Gasteiger partial charge in [0.05, 0.1) is 29.4 Å². The van der Waals surface area contributed by atoms with E-state index in [0.717, 1.165) is 49.9 Å². The molecule has 1 aliphatic carbocycles. The van der Waals surface area contributed by atoms with Gasteiger partial charge in [-0.2, -0.15) is 0 Å². The lowest BCUT2D eigenvalue weighted by molar-refractivity contribution is -0.157. The topological polar surface area (TPSA) is 114 Å². The van der Waals surface area contributed by atoms with Gasteiger partial charge in [0.15, 0.2) is 6.73 Å². The van der Waals surface area contributed by atoms with Crippen molar-refractivity contribution in [2.45, 2.75) is 78.1 Å². The second-order valence-corrected chi connectivity index (χ2v) is 13.9. The van der Waals surface area contributed by atoms with Crippen molar-refractivity contribution in [3.8, 4) is 0 Å². The number of carbonyl (C=O) groups is 3. The first-order valence-corrected chi connectivity index (χ1v) is 17.4. The Balaban J connectivity index is 0.000000704. The van der Waals surface area contributed by atoms with Gasteiger partial charge in [0.1, 0.15) is 0 Å². The van der Waals surface area contributed by atoms with Crippen LogP contribution in [-0.4, -0.2) is 39.9 Å². The molecule has 2 aliphatic rings. The molecule has 0 radical (unpaired) electrons. The predicted molar refractivity (Wildman–Crippen MR) is 191 cm³/mol. The number of aromatic nitrogens is 2. The maximum absolute atomic E-state index is 13.4. The first-order valence-electron chi connectivity index (χ1n) is 17.4. The zero-order chi connectivity index (χ0) is 34.6. The normalized spacial score (nSPS) is 20.0. The monoisotopic (exact) mass is 663 g/mol. The third kappa shape index (κ3) is 10.0. The lowest BCUT2D eigenvalue weighted by Crippen LogP contribution is -2.48. The molecule has 0 unspecified atom stereocenters. The third-order valence-corrected chi connectivity index (χ3v) is 9.15. The van der Waals surface area contributed by atoms with Gasteiger partial charge in [-0.1, -0.05) is 85.6 Å². The van der Waals surface area contributed by atoms with Crippen LogP contribution in [0.25, 0.3) is 0 Å². The SMILES string of the molecule is CC(C)(C)C(=O)OCn1cnc([C@@H]2Nc3ccccc3C[C@@H]2CCNC(=O)[C@H]2CCCC[C@H]2NC(=O)c2ccccc2)c1.c1ccccc1. The fourth-order valence-electron chi connectivity index (χ4n) is 6.42. The van der Waals surface area contributed by atoms with Crippen LogP contribution in [-0.2, 0) is 27.5 Å². The van der Waals surface area contributed by atoms with E-state index in [0.29, 0.717) is 12.1 Å². The number of amides is 2. The average Bonchev–Trinajstić information content (AvgIpc) is 3.60. The van der Waals surface area contributed by atoms with Crippen LogP contribution in [0.4, 0.5) is 5.69 Å². The lowest BCUT2D eigenvalue weighted by Gasteiger charge is -2.34. The highest BCUT2D eigenvalue weighted by Gasteiger charge is 2.34. The summed E-state index contributed by atoms with van der Waals surface area (Å²) in [7, 11) is 0. The van der Waals surface area contributed by atoms with Crippen LogP contribution in [0.15, 0.2) is 104 Å². The summed E-state index contributed by atoms with van der Waals surface area (Å²) in [5, 5.41) is 9.98. The smallest absolute Gasteiger partial charge is 0.312 e. The third-order valence-electron chi connectivity index (χ3n) is 9.15. The summed E-state index contributed by atoms with van der Waals surface area (Å²) in [4.78, 5) is 43.1. The number of nitrogens with zero attached hydrogens (tertiary/aromatic N) is 2. The molecule has 1 aliphatic heterocycles. The van der Waals surface area contributed by atoms with E-state index in [1.165, 1.54) is 5.56 Å². The summed E-state index contributed by atoms with van der Waals surface area (Å²) in [6.45, 7) is 6.13. The molecule has 9 nitrogen and oxygen atoms in total. The van der Waals surface area contributed by atoms with E-state index in [4.69, 9.17) is 4.74 Å². The second-order valence-electron chi connectivity index (χ2n) is 13.9. The highest BCUT2D eigenvalue weighted by atomic mass is 16.5. The van der Waals surface area contributed by atoms with Gasteiger partial charge in [0, 0.05) is 30.0 Å². The zero-order valence-electron chi connectivity index (χ0n) is 28.8. The minimum atomic E-state index is -0.571. The maximum Gasteiger partial charge on any atom is 0.312 e. The van der Waals surface area contributed by atoms with Gasteiger partial charge in [-0.3, -0.25) is 14.4 Å². The zero-order valence-corrected chi connectivity index (χ0v) is 28.8. The Morgan fingerprint density at radius 3 is 2.27 bits per heavy atom. The van der Waals surface area contributed by atoms with Crippen molar-refractivity contribution in [1.82, 2.24) is 20.2 Å². The average molecular weight is 664 g/mol. The van der Waals surface area contributed by atoms with Crippen LogP contribution in [0.3, 0.4) is 0 Å². The number of nitrogens with one attached hydrogen (secondary N) is 3. The van der Waals surface area contributed by atoms with Gasteiger partial charge in [-0.15, -0.1) is 0 Å². The molecule has 4 aromatic rings. The van der Waals surface area contributed by atoms with Gasteiger partial charge in [-0.25, -0.2) is 4.98 Å². The highest BCUT2D eigenvalue weighted by molar-refractivity contribution is 5.94. The van der Waals surface area contributed by atoms with E-state index < -0.39 is 5.41 Å². The fourth-order valence-corrected chi connectivity index (χ4v) is 6.42. The first kappa shape index (κ1) is 35.4. The molecule has 4 atom stereocenters. The molecule has 49 heavy (non-hydrogen) atoms. The van der Waals surface area contributed by atoms with Gasteiger partial charge < -0.3 is 25.3 Å². The number of fused-ring (bicyclic) bond motifs is 1. The number of rotatable bonds is 9. The molecule has 1 fully saturated rings. The molecule has 6 rings (SSSR count). The van der Waals surface area contributed by atoms with Crippen LogP contribution >= 0.6 is 0 Å². The molecule has 0 bridgehead atoms. The number of hydrogen-bond donors (Lipinski definition) is 3. The predicted octanol–water partition coefficient (Wildman–Crippen LogP) is 6.94. The Bertz CT molecular complexity index is 1620. The van der Waals surface area contributed by atoms with Crippen molar-refractivity contribution in [1.29, 1.82) is 0 Å². The quantitative estimate of drug-likeness (QED) is 0.167. The number of anilines is 1. The lowest BCUT2D eigenvalue weighted by atomic mass is 9.82. The number of carbonyl (C=O) groups excluding carboxylic acids is 3. The summed E-state index contributed by atoms with van der Waals surface area (Å²) >= 11 is 0. The Morgan fingerprint density at radius 2 is 1.55 bits per heavy atom. The molecule has 1 saturated carbocycles. The Kier molecular flexibility index (Phi) is 12.2. The molecule has 2 heterocycles. The van der Waals surface area contributed by atoms with Gasteiger partial charge in [-0.05, 0) is 76.1 Å². The summed E-state index contributed by atoms with van der Waals surface area (Å²) in [5.74, 6) is -0.443. The minimum absolute atomic E-state index is 0.00345.